The number of nitrogens with two attached hydrogens (primary N) is 1. The molecule has 8 rings (SSSR count). The molecule has 3 aromatic heterocycles. The summed E-state index contributed by atoms with van der Waals surface area (Å²) in [7, 11) is 1.71. The molecular weight excluding hydrogens is 630 g/mol. The van der Waals surface area contributed by atoms with Gasteiger partial charge in [0.15, 0.2) is 5.82 Å². The first-order valence-corrected chi connectivity index (χ1v) is 18.2. The Morgan fingerprint density at radius 2 is 1.79 bits per heavy atom. The van der Waals surface area contributed by atoms with Gasteiger partial charge in [0.2, 0.25) is 10.0 Å². The van der Waals surface area contributed by atoms with Gasteiger partial charge in [-0.3, -0.25) is 9.52 Å². The molecular formula is C35H39N7O5S. The SMILES string of the molecule is COc1cc(NS(C)(=O)=O)ccc1-c1ccc2cc(-c3nc4cc(C(=O)N5CC6CCC5C6N)cc(OC)c4n3C)n(CC3CC3)c2n1. The summed E-state index contributed by atoms with van der Waals surface area (Å²) in [5, 5.41) is 0.971. The Morgan fingerprint density at radius 3 is 2.46 bits per heavy atom. The molecule has 48 heavy (non-hydrogen) atoms. The lowest BCUT2D eigenvalue weighted by molar-refractivity contribution is 0.0700. The molecule has 0 spiro atoms. The number of nitrogens with one attached hydrogen (secondary N) is 1. The highest BCUT2D eigenvalue weighted by Gasteiger charge is 2.47. The van der Waals surface area contributed by atoms with Crippen LogP contribution in [-0.4, -0.2) is 77.4 Å². The van der Waals surface area contributed by atoms with Gasteiger partial charge in [0.25, 0.3) is 5.91 Å². The number of anilines is 1. The molecule has 1 aliphatic heterocycles. The van der Waals surface area contributed by atoms with Crippen molar-refractivity contribution in [2.75, 3.05) is 31.7 Å². The van der Waals surface area contributed by atoms with E-state index < -0.39 is 10.0 Å². The average molecular weight is 670 g/mol. The van der Waals surface area contributed by atoms with Gasteiger partial charge in [0.05, 0.1) is 43.1 Å². The van der Waals surface area contributed by atoms with Crippen LogP contribution in [0.2, 0.25) is 0 Å². The highest BCUT2D eigenvalue weighted by molar-refractivity contribution is 7.92. The zero-order valence-electron chi connectivity index (χ0n) is 27.4. The lowest BCUT2D eigenvalue weighted by Gasteiger charge is -2.27. The lowest BCUT2D eigenvalue weighted by Crippen LogP contribution is -2.41. The van der Waals surface area contributed by atoms with Crippen LogP contribution in [0.5, 0.6) is 11.5 Å². The van der Waals surface area contributed by atoms with Crippen LogP contribution in [0.15, 0.2) is 48.5 Å². The number of piperidine rings is 1. The topological polar surface area (TPSA) is 147 Å². The fourth-order valence-corrected chi connectivity index (χ4v) is 8.21. The summed E-state index contributed by atoms with van der Waals surface area (Å²) in [6, 6.07) is 15.1. The number of pyridine rings is 1. The number of amides is 1. The number of methoxy groups -OCH3 is 2. The van der Waals surface area contributed by atoms with Crippen molar-refractivity contribution in [3.63, 3.8) is 0 Å². The number of imidazole rings is 1. The van der Waals surface area contributed by atoms with Gasteiger partial charge >= 0.3 is 0 Å². The normalized spacial score (nSPS) is 20.6. The van der Waals surface area contributed by atoms with E-state index in [9.17, 15) is 13.2 Å². The number of fused-ring (bicyclic) bond motifs is 4. The number of rotatable bonds is 9. The molecule has 13 heteroatoms. The number of aryl methyl sites for hydroxylation is 1. The second-order valence-corrected chi connectivity index (χ2v) is 15.2. The maximum absolute atomic E-state index is 13.8. The van der Waals surface area contributed by atoms with E-state index in [4.69, 9.17) is 25.2 Å². The number of sulfonamides is 1. The van der Waals surface area contributed by atoms with Crippen LogP contribution >= 0.6 is 0 Å². The number of carbonyl (C=O) groups excluding carboxylic acids is 1. The molecule has 1 amide bonds. The summed E-state index contributed by atoms with van der Waals surface area (Å²) in [6.45, 7) is 1.49. The molecule has 2 bridgehead atoms. The first-order valence-electron chi connectivity index (χ1n) is 16.3. The zero-order valence-corrected chi connectivity index (χ0v) is 28.3. The van der Waals surface area contributed by atoms with Crippen molar-refractivity contribution in [1.29, 1.82) is 0 Å². The van der Waals surface area contributed by atoms with Crippen molar-refractivity contribution in [1.82, 2.24) is 24.0 Å². The van der Waals surface area contributed by atoms with Gasteiger partial charge in [0.1, 0.15) is 22.7 Å². The summed E-state index contributed by atoms with van der Waals surface area (Å²) in [5.41, 5.74) is 12.1. The van der Waals surface area contributed by atoms with Crippen molar-refractivity contribution in [3.8, 4) is 34.3 Å². The summed E-state index contributed by atoms with van der Waals surface area (Å²) >= 11 is 0. The number of carbonyl (C=O) groups is 1. The minimum atomic E-state index is -3.44. The molecule has 2 aromatic carbocycles. The Morgan fingerprint density at radius 1 is 1.00 bits per heavy atom. The number of aromatic nitrogens is 4. The van der Waals surface area contributed by atoms with Crippen LogP contribution in [-0.2, 0) is 23.6 Å². The summed E-state index contributed by atoms with van der Waals surface area (Å²) in [5.74, 6) is 2.75. The molecule has 250 valence electrons. The van der Waals surface area contributed by atoms with Crippen LogP contribution in [0.1, 0.15) is 36.0 Å². The molecule has 3 aliphatic rings. The second kappa shape index (κ2) is 11.2. The predicted molar refractivity (Wildman–Crippen MR) is 185 cm³/mol. The van der Waals surface area contributed by atoms with Gasteiger partial charge in [-0.05, 0) is 80.0 Å². The number of ether oxygens (including phenoxy) is 2. The maximum Gasteiger partial charge on any atom is 0.254 e. The van der Waals surface area contributed by atoms with E-state index in [0.717, 1.165) is 72.1 Å². The Balaban J connectivity index is 1.22. The van der Waals surface area contributed by atoms with Crippen molar-refractivity contribution in [2.45, 2.75) is 44.3 Å². The van der Waals surface area contributed by atoms with E-state index >= 15 is 0 Å². The van der Waals surface area contributed by atoms with Crippen molar-refractivity contribution < 1.29 is 22.7 Å². The summed E-state index contributed by atoms with van der Waals surface area (Å²) in [6.07, 6.45) is 5.46. The van der Waals surface area contributed by atoms with E-state index in [1.165, 1.54) is 0 Å². The third kappa shape index (κ3) is 5.16. The first-order chi connectivity index (χ1) is 23.0. The van der Waals surface area contributed by atoms with Crippen molar-refractivity contribution >= 4 is 43.7 Å². The van der Waals surface area contributed by atoms with Gasteiger partial charge < -0.3 is 29.2 Å². The van der Waals surface area contributed by atoms with E-state index in [2.05, 4.69) is 15.4 Å². The van der Waals surface area contributed by atoms with Crippen molar-refractivity contribution in [3.05, 3.63) is 54.1 Å². The zero-order chi connectivity index (χ0) is 33.5. The van der Waals surface area contributed by atoms with E-state index in [1.807, 2.05) is 46.8 Å². The van der Waals surface area contributed by atoms with Gasteiger partial charge in [-0.1, -0.05) is 0 Å². The number of likely N-dealkylation sites (tertiary alicyclic amines) is 1. The molecule has 3 N–H and O–H groups in total. The molecule has 12 nitrogen and oxygen atoms in total. The monoisotopic (exact) mass is 669 g/mol. The Bertz CT molecular complexity index is 2220. The number of hydrogen-bond acceptors (Lipinski definition) is 8. The summed E-state index contributed by atoms with van der Waals surface area (Å²) in [4.78, 5) is 25.9. The molecule has 1 saturated heterocycles. The number of hydrogen-bond donors (Lipinski definition) is 2. The molecule has 0 radical (unpaired) electrons. The van der Waals surface area contributed by atoms with E-state index in [0.29, 0.717) is 52.3 Å². The van der Waals surface area contributed by atoms with E-state index in [-0.39, 0.29) is 18.0 Å². The minimum Gasteiger partial charge on any atom is -0.496 e. The minimum absolute atomic E-state index is 0.0276. The Labute approximate surface area is 278 Å². The fraction of sp³-hybridized carbons (Fsp3) is 0.400. The number of benzene rings is 2. The van der Waals surface area contributed by atoms with Crippen LogP contribution in [0.4, 0.5) is 5.69 Å². The van der Waals surface area contributed by atoms with Gasteiger partial charge in [-0.15, -0.1) is 0 Å². The molecule has 5 aromatic rings. The Hall–Kier alpha value is -4.62. The second-order valence-electron chi connectivity index (χ2n) is 13.5. The van der Waals surface area contributed by atoms with Crippen LogP contribution in [0.25, 0.3) is 44.8 Å². The third-order valence-electron chi connectivity index (χ3n) is 10.2. The quantitative estimate of drug-likeness (QED) is 0.231. The molecule has 3 atom stereocenters. The molecule has 4 heterocycles. The molecule has 2 aliphatic carbocycles. The number of nitrogens with zero attached hydrogens (tertiary/aromatic N) is 5. The third-order valence-corrected chi connectivity index (χ3v) is 10.8. The smallest absolute Gasteiger partial charge is 0.254 e. The molecule has 3 unspecified atom stereocenters. The lowest BCUT2D eigenvalue weighted by atomic mass is 10.1. The largest absolute Gasteiger partial charge is 0.496 e. The maximum atomic E-state index is 13.8. The molecule has 3 fully saturated rings. The predicted octanol–water partition coefficient (Wildman–Crippen LogP) is 4.62. The van der Waals surface area contributed by atoms with Crippen LogP contribution in [0, 0.1) is 11.8 Å². The standard InChI is InChI=1S/C35H39N7O5S/c1-40-32-26(13-22(15-30(32)47-3)35(43)42-18-21-8-12-27(42)31(21)36)38-34(40)28-14-20-7-11-25(37-33(20)41(28)17-19-5-6-19)24-10-9-23(16-29(24)46-2)39-48(4,44)45/h7,9-11,13-16,19,21,27,31,39H,5-6,8,12,17-18,36H2,1-4H3. The first kappa shape index (κ1) is 30.7. The van der Waals surface area contributed by atoms with Crippen LogP contribution in [0.3, 0.4) is 0 Å². The summed E-state index contributed by atoms with van der Waals surface area (Å²) < 4.78 is 41.9. The highest BCUT2D eigenvalue weighted by Crippen LogP contribution is 2.41. The van der Waals surface area contributed by atoms with Crippen molar-refractivity contribution in [2.24, 2.45) is 24.6 Å². The highest BCUT2D eigenvalue weighted by atomic mass is 32.2. The average Bonchev–Trinajstić information content (AvgIpc) is 3.47. The fourth-order valence-electron chi connectivity index (χ4n) is 7.65. The van der Waals surface area contributed by atoms with Gasteiger partial charge in [-0.25, -0.2) is 18.4 Å². The van der Waals surface area contributed by atoms with Gasteiger partial charge in [0, 0.05) is 54.8 Å². The molecule has 2 saturated carbocycles. The van der Waals surface area contributed by atoms with E-state index in [1.54, 1.807) is 26.4 Å². The van der Waals surface area contributed by atoms with Crippen LogP contribution < -0.4 is 19.9 Å². The van der Waals surface area contributed by atoms with Gasteiger partial charge in [-0.2, -0.15) is 0 Å². The Kier molecular flexibility index (Phi) is 7.18.